The zero-order valence-corrected chi connectivity index (χ0v) is 44.8. The van der Waals surface area contributed by atoms with E-state index < -0.39 is 109 Å². The number of carboxylic acid groups (broad SMARTS) is 1. The number of aliphatic carboxylic acids is 1. The van der Waals surface area contributed by atoms with Gasteiger partial charge in [-0.05, 0) is 109 Å². The molecule has 1 aliphatic carbocycles. The van der Waals surface area contributed by atoms with Gasteiger partial charge in [0.2, 0.25) is 15.8 Å². The van der Waals surface area contributed by atoms with Gasteiger partial charge in [-0.2, -0.15) is 38.4 Å². The van der Waals surface area contributed by atoms with Crippen molar-refractivity contribution in [1.82, 2.24) is 4.31 Å². The first-order chi connectivity index (χ1) is 34.0. The SMILES string of the molecule is CN(CCCC(=O)O)S(=O)(=O)c1ccc2c(c1)C(C)(C)/C(=C\C=C1C=C(/C=C/C3(C)N(CCCS(=O)(=O)O)c4ccc(S(=O)(=O)O)cc4C3(C)C)CC(C(=O)C(F)(F)F)(c3ccccc3)C\1)N2CCCS(=O)(=O)O. The van der Waals surface area contributed by atoms with Crippen LogP contribution < -0.4 is 9.80 Å². The van der Waals surface area contributed by atoms with Crippen molar-refractivity contribution < 1.29 is 75.2 Å². The van der Waals surface area contributed by atoms with Crippen molar-refractivity contribution in [3.05, 3.63) is 131 Å². The molecule has 2 atom stereocenters. The molecule has 6 rings (SSSR count). The van der Waals surface area contributed by atoms with Crippen LogP contribution >= 0.6 is 0 Å². The van der Waals surface area contributed by atoms with Crippen molar-refractivity contribution in [2.45, 2.75) is 111 Å². The Morgan fingerprint density at radius 2 is 1.32 bits per heavy atom. The van der Waals surface area contributed by atoms with E-state index in [1.807, 2.05) is 0 Å². The molecule has 3 aromatic rings. The Kier molecular flexibility index (Phi) is 16.3. The quantitative estimate of drug-likeness (QED) is 0.0787. The monoisotopic (exact) mass is 1110 g/mol. The van der Waals surface area contributed by atoms with E-state index in [0.717, 1.165) is 4.31 Å². The van der Waals surface area contributed by atoms with Crippen LogP contribution in [0.25, 0.3) is 0 Å². The number of sulfonamides is 1. The number of hydrogen-bond donors (Lipinski definition) is 4. The average molecular weight is 1110 g/mol. The number of nitrogens with zero attached hydrogens (tertiary/aromatic N) is 3. The van der Waals surface area contributed by atoms with Crippen LogP contribution in [0.15, 0.2) is 124 Å². The van der Waals surface area contributed by atoms with Crippen molar-refractivity contribution >= 4 is 63.5 Å². The molecule has 0 saturated carbocycles. The van der Waals surface area contributed by atoms with Crippen LogP contribution in [0.4, 0.5) is 24.5 Å². The van der Waals surface area contributed by atoms with Crippen LogP contribution in [-0.2, 0) is 66.2 Å². The van der Waals surface area contributed by atoms with Gasteiger partial charge >= 0.3 is 12.1 Å². The molecule has 0 spiro atoms. The number of fused-ring (bicyclic) bond motifs is 2. The summed E-state index contributed by atoms with van der Waals surface area (Å²) in [6, 6.07) is 15.7. The smallest absolute Gasteiger partial charge is 0.450 e. The fraction of sp³-hybridized carbons (Fsp3) is 0.440. The lowest BCUT2D eigenvalue weighted by Gasteiger charge is -2.44. The molecule has 0 amide bonds. The number of anilines is 2. The molecule has 3 aromatic carbocycles. The summed E-state index contributed by atoms with van der Waals surface area (Å²) in [5.41, 5.74) is -2.79. The van der Waals surface area contributed by atoms with E-state index in [4.69, 9.17) is 5.11 Å². The van der Waals surface area contributed by atoms with Gasteiger partial charge in [0, 0.05) is 61.0 Å². The molecule has 0 radical (unpaired) electrons. The molecule has 24 heteroatoms. The summed E-state index contributed by atoms with van der Waals surface area (Å²) in [5, 5.41) is 9.10. The molecule has 0 bridgehead atoms. The van der Waals surface area contributed by atoms with Gasteiger partial charge < -0.3 is 14.9 Å². The number of ketones is 1. The highest BCUT2D eigenvalue weighted by atomic mass is 32.2. The molecule has 3 aliphatic rings. The molecule has 0 fully saturated rings. The summed E-state index contributed by atoms with van der Waals surface area (Å²) in [5.74, 6) is -4.40. The van der Waals surface area contributed by atoms with Crippen molar-refractivity contribution in [2.24, 2.45) is 0 Å². The number of hydrogen-bond acceptors (Lipinski definition) is 12. The van der Waals surface area contributed by atoms with Crippen LogP contribution in [0.2, 0.25) is 0 Å². The van der Waals surface area contributed by atoms with E-state index in [1.54, 1.807) is 74.8 Å². The summed E-state index contributed by atoms with van der Waals surface area (Å²) in [4.78, 5) is 28.1. The van der Waals surface area contributed by atoms with Gasteiger partial charge in [0.25, 0.3) is 30.4 Å². The molecule has 74 heavy (non-hydrogen) atoms. The van der Waals surface area contributed by atoms with Crippen molar-refractivity contribution in [3.63, 3.8) is 0 Å². The van der Waals surface area contributed by atoms with E-state index >= 15 is 13.2 Å². The largest absolute Gasteiger partial charge is 0.481 e. The summed E-state index contributed by atoms with van der Waals surface area (Å²) < 4.78 is 175. The second kappa shape index (κ2) is 20.7. The third-order valence-electron chi connectivity index (χ3n) is 14.5. The predicted octanol–water partition coefficient (Wildman–Crippen LogP) is 7.78. The first kappa shape index (κ1) is 58.1. The van der Waals surface area contributed by atoms with Crippen molar-refractivity contribution in [1.29, 1.82) is 0 Å². The molecule has 2 unspecified atom stereocenters. The second-order valence-corrected chi connectivity index (χ2v) is 26.7. The average Bonchev–Trinajstić information content (AvgIpc) is 3.60. The summed E-state index contributed by atoms with van der Waals surface area (Å²) in [7, 11) is -16.4. The number of carbonyl (C=O) groups is 2. The van der Waals surface area contributed by atoms with Crippen LogP contribution in [0, 0.1) is 0 Å². The molecule has 404 valence electrons. The Morgan fingerprint density at radius 3 is 1.91 bits per heavy atom. The molecule has 17 nitrogen and oxygen atoms in total. The van der Waals surface area contributed by atoms with E-state index in [1.165, 1.54) is 73.8 Å². The lowest BCUT2D eigenvalue weighted by molar-refractivity contribution is -0.177. The highest BCUT2D eigenvalue weighted by Gasteiger charge is 2.56. The van der Waals surface area contributed by atoms with Gasteiger partial charge in [0.05, 0.1) is 32.3 Å². The summed E-state index contributed by atoms with van der Waals surface area (Å²) in [6.45, 7) is 8.68. The topological polar surface area (TPSA) is 261 Å². The van der Waals surface area contributed by atoms with Crippen molar-refractivity contribution in [3.8, 4) is 0 Å². The van der Waals surface area contributed by atoms with Gasteiger partial charge in [-0.1, -0.05) is 82.3 Å². The van der Waals surface area contributed by atoms with Crippen LogP contribution in [-0.4, -0.2) is 118 Å². The van der Waals surface area contributed by atoms with Crippen molar-refractivity contribution in [2.75, 3.05) is 48.0 Å². The standard InChI is InChI=1S/C50H60F3N3O14S4/c1-46(2)39-30-37(73(66,67)54(6)24-10-15-44(57)58)17-19-41(39)55(25-11-27-71(60,61)62)43(46)21-16-34-29-35(33-49(32-34,45(59)50(51,52)53)36-13-8-7-9-14-36)22-23-48(5)47(3,4)40-31-38(74(68,69)70)18-20-42(40)56(48)26-12-28-72(63,64)65/h7-9,13-14,16-23,29-31H,10-12,15,24-28,32-33H2,1-6H3,(H,57,58)(H,60,61,62)(H,63,64,65)(H,68,69,70)/b23-22+,34-16-,43-21+. The molecule has 0 saturated heterocycles. The van der Waals surface area contributed by atoms with E-state index in [-0.39, 0.29) is 66.9 Å². The number of rotatable bonds is 20. The number of carboxylic acids is 1. The van der Waals surface area contributed by atoms with E-state index in [0.29, 0.717) is 28.2 Å². The first-order valence-electron chi connectivity index (χ1n) is 23.3. The minimum absolute atomic E-state index is 0.0175. The molecule has 2 aliphatic heterocycles. The Labute approximate surface area is 430 Å². The van der Waals surface area contributed by atoms with Gasteiger partial charge in [-0.15, -0.1) is 0 Å². The maximum atomic E-state index is 15.0. The second-order valence-electron chi connectivity index (χ2n) is 20.1. The maximum absolute atomic E-state index is 15.0. The van der Waals surface area contributed by atoms with Gasteiger partial charge in [-0.25, -0.2) is 12.7 Å². The third kappa shape index (κ3) is 12.1. The van der Waals surface area contributed by atoms with Crippen LogP contribution in [0.1, 0.15) is 89.8 Å². The predicted molar refractivity (Wildman–Crippen MR) is 272 cm³/mol. The Balaban J connectivity index is 1.53. The molecular formula is C50H60F3N3O14S4. The lowest BCUT2D eigenvalue weighted by Crippen LogP contribution is -2.52. The highest BCUT2D eigenvalue weighted by molar-refractivity contribution is 7.89. The molecular weight excluding hydrogens is 1050 g/mol. The van der Waals surface area contributed by atoms with E-state index in [2.05, 4.69) is 0 Å². The molecule has 4 N–H and O–H groups in total. The minimum Gasteiger partial charge on any atom is -0.481 e. The minimum atomic E-state index is -5.33. The van der Waals surface area contributed by atoms with Gasteiger partial charge in [0.15, 0.2) is 0 Å². The normalized spacial score (nSPS) is 22.1. The lowest BCUT2D eigenvalue weighted by atomic mass is 9.64. The Morgan fingerprint density at radius 1 is 0.743 bits per heavy atom. The third-order valence-corrected chi connectivity index (χ3v) is 18.8. The summed E-state index contributed by atoms with van der Waals surface area (Å²) >= 11 is 0. The van der Waals surface area contributed by atoms with Gasteiger partial charge in [-0.3, -0.25) is 23.2 Å². The number of carbonyl (C=O) groups excluding carboxylic acids is 1. The van der Waals surface area contributed by atoms with Crippen LogP contribution in [0.3, 0.4) is 0 Å². The number of halogens is 3. The zero-order valence-electron chi connectivity index (χ0n) is 41.5. The Hall–Kier alpha value is -5.21. The van der Waals surface area contributed by atoms with E-state index in [9.17, 15) is 56.9 Å². The zero-order chi connectivity index (χ0) is 55.3. The summed E-state index contributed by atoms with van der Waals surface area (Å²) in [6.07, 6.45) is 1.32. The van der Waals surface area contributed by atoms with Crippen LogP contribution in [0.5, 0.6) is 0 Å². The maximum Gasteiger partial charge on any atom is 0.450 e. The van der Waals surface area contributed by atoms with Gasteiger partial charge in [0.1, 0.15) is 0 Å². The number of alkyl halides is 3. The molecule has 0 aromatic heterocycles. The Bertz CT molecular complexity index is 3300. The highest BCUT2D eigenvalue weighted by Crippen LogP contribution is 2.54. The molecule has 2 heterocycles. The fourth-order valence-corrected chi connectivity index (χ4v) is 13.1. The first-order valence-corrected chi connectivity index (χ1v) is 29.4. The number of benzene rings is 3. The fourth-order valence-electron chi connectivity index (χ4n) is 10.3. The number of allylic oxidation sites excluding steroid dienone is 7. The number of Topliss-reactive ketones (excluding diaryl/α,β-unsaturated/α-hetero) is 1.